The minimum atomic E-state index is 0.302. The molecule has 0 aromatic heterocycles. The third-order valence-electron chi connectivity index (χ3n) is 5.96. The summed E-state index contributed by atoms with van der Waals surface area (Å²) in [6.07, 6.45) is 22.3. The smallest absolute Gasteiger partial charge is 0.0768 e. The number of nitrogens with zero attached hydrogens (tertiary/aromatic N) is 1. The van der Waals surface area contributed by atoms with Crippen LogP contribution >= 0.6 is 11.8 Å². The quantitative estimate of drug-likeness (QED) is 0.548. The molecule has 0 spiro atoms. The number of ether oxygens (including phenoxy) is 1. The van der Waals surface area contributed by atoms with Gasteiger partial charge in [-0.05, 0) is 57.4 Å². The molecule has 0 N–H and O–H groups in total. The first-order valence-electron chi connectivity index (χ1n) is 10.4. The van der Waals surface area contributed by atoms with Gasteiger partial charge in [-0.2, -0.15) is 11.8 Å². The average molecular weight is 374 g/mol. The van der Waals surface area contributed by atoms with Crippen molar-refractivity contribution in [2.24, 2.45) is 11.8 Å². The minimum absolute atomic E-state index is 0.302. The molecule has 0 radical (unpaired) electrons. The van der Waals surface area contributed by atoms with Gasteiger partial charge in [0.1, 0.15) is 0 Å². The predicted molar refractivity (Wildman–Crippen MR) is 115 cm³/mol. The lowest BCUT2D eigenvalue weighted by Crippen LogP contribution is -2.32. The summed E-state index contributed by atoms with van der Waals surface area (Å²) in [4.78, 5) is 2.55. The summed E-state index contributed by atoms with van der Waals surface area (Å²) in [5.74, 6) is 2.25. The van der Waals surface area contributed by atoms with Gasteiger partial charge in [0.05, 0.1) is 12.7 Å². The van der Waals surface area contributed by atoms with E-state index in [2.05, 4.69) is 54.5 Å². The molecule has 26 heavy (non-hydrogen) atoms. The van der Waals surface area contributed by atoms with E-state index in [0.717, 1.165) is 12.4 Å². The zero-order valence-electron chi connectivity index (χ0n) is 16.5. The van der Waals surface area contributed by atoms with E-state index in [1.165, 1.54) is 51.7 Å². The normalized spacial score (nSPS) is 24.8. The van der Waals surface area contributed by atoms with Crippen LogP contribution in [0.5, 0.6) is 0 Å². The van der Waals surface area contributed by atoms with Crippen LogP contribution in [0.15, 0.2) is 47.6 Å². The van der Waals surface area contributed by atoms with Crippen LogP contribution in [0, 0.1) is 11.8 Å². The Bertz CT molecular complexity index is 531. The number of hydrogen-bond donors (Lipinski definition) is 0. The van der Waals surface area contributed by atoms with Gasteiger partial charge in [0.15, 0.2) is 0 Å². The summed E-state index contributed by atoms with van der Waals surface area (Å²) in [6.45, 7) is 6.81. The van der Waals surface area contributed by atoms with Gasteiger partial charge in [-0.25, -0.2) is 0 Å². The highest BCUT2D eigenvalue weighted by Crippen LogP contribution is 2.36. The van der Waals surface area contributed by atoms with Gasteiger partial charge < -0.3 is 9.64 Å². The summed E-state index contributed by atoms with van der Waals surface area (Å²) in [7, 11) is 0. The maximum atomic E-state index is 6.65. The standard InChI is InChI=1S/C23H35NOS/c1-3-24-15-14-19(16-24)17-25-22(18-26-2)23(20-10-6-4-7-11-20)21-12-8-5-9-13-21/h4-6,8,10,12,19,22-23H,3,7,9,11,13-18H2,1-2H3. The van der Waals surface area contributed by atoms with Crippen LogP contribution in [0.4, 0.5) is 0 Å². The minimum Gasteiger partial charge on any atom is -0.376 e. The summed E-state index contributed by atoms with van der Waals surface area (Å²) >= 11 is 1.93. The van der Waals surface area contributed by atoms with Crippen molar-refractivity contribution < 1.29 is 4.74 Å². The molecule has 0 amide bonds. The third-order valence-corrected chi connectivity index (χ3v) is 6.62. The molecule has 0 bridgehead atoms. The summed E-state index contributed by atoms with van der Waals surface area (Å²) in [5, 5.41) is 0. The highest BCUT2D eigenvalue weighted by atomic mass is 32.2. The number of hydrogen-bond acceptors (Lipinski definition) is 3. The molecule has 1 saturated heterocycles. The Morgan fingerprint density at radius 1 is 1.15 bits per heavy atom. The molecule has 2 nitrogen and oxygen atoms in total. The van der Waals surface area contributed by atoms with E-state index in [9.17, 15) is 0 Å². The van der Waals surface area contributed by atoms with Crippen LogP contribution in [0.2, 0.25) is 0 Å². The van der Waals surface area contributed by atoms with Crippen molar-refractivity contribution in [1.82, 2.24) is 4.90 Å². The van der Waals surface area contributed by atoms with E-state index in [-0.39, 0.29) is 0 Å². The fraction of sp³-hybridized carbons (Fsp3) is 0.652. The van der Waals surface area contributed by atoms with E-state index in [0.29, 0.717) is 17.9 Å². The van der Waals surface area contributed by atoms with E-state index in [4.69, 9.17) is 4.74 Å². The van der Waals surface area contributed by atoms with Crippen molar-refractivity contribution in [3.8, 4) is 0 Å². The van der Waals surface area contributed by atoms with E-state index < -0.39 is 0 Å². The lowest BCUT2D eigenvalue weighted by molar-refractivity contribution is 0.0249. The maximum absolute atomic E-state index is 6.65. The second-order valence-corrected chi connectivity index (χ2v) is 8.68. The van der Waals surface area contributed by atoms with Gasteiger partial charge in [-0.15, -0.1) is 0 Å². The van der Waals surface area contributed by atoms with Crippen molar-refractivity contribution in [3.05, 3.63) is 47.6 Å². The van der Waals surface area contributed by atoms with Crippen LogP contribution in [0.3, 0.4) is 0 Å². The molecule has 2 aliphatic carbocycles. The summed E-state index contributed by atoms with van der Waals surface area (Å²) < 4.78 is 6.65. The Kier molecular flexibility index (Phi) is 8.09. The maximum Gasteiger partial charge on any atom is 0.0768 e. The van der Waals surface area contributed by atoms with Crippen molar-refractivity contribution in [2.45, 2.75) is 45.1 Å². The topological polar surface area (TPSA) is 12.5 Å². The molecule has 3 aliphatic rings. The molecule has 0 saturated carbocycles. The predicted octanol–water partition coefficient (Wildman–Crippen LogP) is 5.25. The lowest BCUT2D eigenvalue weighted by atomic mass is 9.79. The highest BCUT2D eigenvalue weighted by molar-refractivity contribution is 7.98. The number of rotatable bonds is 9. The molecular weight excluding hydrogens is 338 g/mol. The first-order valence-corrected chi connectivity index (χ1v) is 11.7. The van der Waals surface area contributed by atoms with E-state index in [1.807, 2.05) is 11.8 Å². The SMILES string of the molecule is CCN1CCC(COC(CSC)C(C2=CC=CCC2)C2=CC=CCC2)C1. The Balaban J connectivity index is 1.72. The average Bonchev–Trinajstić information content (AvgIpc) is 3.16. The van der Waals surface area contributed by atoms with Crippen LogP contribution in [-0.2, 0) is 4.74 Å². The third kappa shape index (κ3) is 5.37. The van der Waals surface area contributed by atoms with Gasteiger partial charge in [0, 0.05) is 18.2 Å². The fourth-order valence-corrected chi connectivity index (χ4v) is 5.09. The molecule has 3 heteroatoms. The molecule has 1 aliphatic heterocycles. The van der Waals surface area contributed by atoms with Crippen molar-refractivity contribution in [2.75, 3.05) is 38.2 Å². The van der Waals surface area contributed by atoms with Gasteiger partial charge in [0.25, 0.3) is 0 Å². The fourth-order valence-electron chi connectivity index (χ4n) is 4.48. The van der Waals surface area contributed by atoms with Crippen LogP contribution < -0.4 is 0 Å². The van der Waals surface area contributed by atoms with Gasteiger partial charge in [-0.3, -0.25) is 0 Å². The van der Waals surface area contributed by atoms with Gasteiger partial charge in [0.2, 0.25) is 0 Å². The Morgan fingerprint density at radius 2 is 1.85 bits per heavy atom. The van der Waals surface area contributed by atoms with Crippen molar-refractivity contribution in [3.63, 3.8) is 0 Å². The molecule has 1 fully saturated rings. The monoisotopic (exact) mass is 373 g/mol. The molecular formula is C23H35NOS. The van der Waals surface area contributed by atoms with Crippen LogP contribution in [0.1, 0.15) is 39.0 Å². The molecule has 2 unspecified atom stereocenters. The number of allylic oxidation sites excluding steroid dienone is 6. The van der Waals surface area contributed by atoms with E-state index in [1.54, 1.807) is 11.1 Å². The Morgan fingerprint density at radius 3 is 2.35 bits per heavy atom. The number of likely N-dealkylation sites (tertiary alicyclic amines) is 1. The second-order valence-electron chi connectivity index (χ2n) is 7.77. The highest BCUT2D eigenvalue weighted by Gasteiger charge is 2.30. The van der Waals surface area contributed by atoms with Crippen molar-refractivity contribution in [1.29, 1.82) is 0 Å². The first-order chi connectivity index (χ1) is 12.8. The number of thioether (sulfide) groups is 1. The molecule has 1 heterocycles. The molecule has 0 aromatic carbocycles. The second kappa shape index (κ2) is 10.5. The summed E-state index contributed by atoms with van der Waals surface area (Å²) in [5.41, 5.74) is 3.16. The molecule has 2 atom stereocenters. The van der Waals surface area contributed by atoms with Crippen LogP contribution in [0.25, 0.3) is 0 Å². The molecule has 144 valence electrons. The Hall–Kier alpha value is -0.770. The zero-order valence-corrected chi connectivity index (χ0v) is 17.3. The molecule has 0 aromatic rings. The van der Waals surface area contributed by atoms with Crippen LogP contribution in [-0.4, -0.2) is 49.3 Å². The lowest BCUT2D eigenvalue weighted by Gasteiger charge is -2.33. The molecule has 3 rings (SSSR count). The van der Waals surface area contributed by atoms with Crippen molar-refractivity contribution >= 4 is 11.8 Å². The van der Waals surface area contributed by atoms with E-state index >= 15 is 0 Å². The van der Waals surface area contributed by atoms with Gasteiger partial charge in [-0.1, -0.05) is 54.5 Å². The van der Waals surface area contributed by atoms with Gasteiger partial charge >= 0.3 is 0 Å². The zero-order chi connectivity index (χ0) is 18.2. The largest absolute Gasteiger partial charge is 0.376 e. The Labute approximate surface area is 164 Å². The summed E-state index contributed by atoms with van der Waals surface area (Å²) in [6, 6.07) is 0. The first kappa shape index (κ1) is 20.0.